The van der Waals surface area contributed by atoms with Crippen molar-refractivity contribution in [1.82, 2.24) is 4.57 Å². The largest absolute Gasteiger partial charge is 0.337 e. The van der Waals surface area contributed by atoms with Gasteiger partial charge < -0.3 is 9.88 Å². The van der Waals surface area contributed by atoms with Gasteiger partial charge in [-0.1, -0.05) is 55.3 Å². The van der Waals surface area contributed by atoms with Gasteiger partial charge in [-0.25, -0.2) is 8.42 Å². The van der Waals surface area contributed by atoms with E-state index in [4.69, 9.17) is 11.6 Å². The van der Waals surface area contributed by atoms with Crippen LogP contribution in [0.4, 0.5) is 5.69 Å². The Hall–Kier alpha value is -3.09. The van der Waals surface area contributed by atoms with Gasteiger partial charge in [-0.15, -0.1) is 0 Å². The van der Waals surface area contributed by atoms with Crippen LogP contribution >= 0.6 is 11.6 Å². The lowest BCUT2D eigenvalue weighted by Crippen LogP contribution is -2.18. The fourth-order valence-electron chi connectivity index (χ4n) is 3.79. The molecule has 0 atom stereocenters. The zero-order valence-electron chi connectivity index (χ0n) is 18.3. The molecule has 1 N–H and O–H groups in total. The van der Waals surface area contributed by atoms with Crippen molar-refractivity contribution in [2.45, 2.75) is 42.5 Å². The Morgan fingerprint density at radius 3 is 2.36 bits per heavy atom. The number of fused-ring (bicyclic) bond motifs is 1. The molecule has 0 radical (unpaired) electrons. The van der Waals surface area contributed by atoms with Crippen LogP contribution in [0.2, 0.25) is 5.02 Å². The summed E-state index contributed by atoms with van der Waals surface area (Å²) in [5, 5.41) is 3.93. The third kappa shape index (κ3) is 5.13. The summed E-state index contributed by atoms with van der Waals surface area (Å²) < 4.78 is 28.3. The van der Waals surface area contributed by atoms with Crippen molar-refractivity contribution in [2.24, 2.45) is 0 Å². The minimum Gasteiger partial charge on any atom is -0.337 e. The first kappa shape index (κ1) is 23.1. The number of hydrogen-bond donors (Lipinski definition) is 1. The quantitative estimate of drug-likeness (QED) is 0.331. The molecule has 3 aromatic carbocycles. The van der Waals surface area contributed by atoms with Crippen molar-refractivity contribution >= 4 is 43.9 Å². The Bertz CT molecular complexity index is 1380. The number of unbranched alkanes of at least 4 members (excludes halogenated alkanes) is 1. The molecule has 0 fully saturated rings. The second-order valence-corrected chi connectivity index (χ2v) is 10.3. The van der Waals surface area contributed by atoms with Gasteiger partial charge in [0, 0.05) is 27.8 Å². The molecule has 1 amide bonds. The molecule has 4 rings (SSSR count). The average Bonchev–Trinajstić information content (AvgIpc) is 3.18. The number of para-hydroxylation sites is 1. The summed E-state index contributed by atoms with van der Waals surface area (Å²) in [6.07, 6.45) is 4.82. The number of amides is 1. The van der Waals surface area contributed by atoms with E-state index >= 15 is 0 Å². The number of halogens is 1. The monoisotopic (exact) mass is 480 g/mol. The van der Waals surface area contributed by atoms with Crippen molar-refractivity contribution in [1.29, 1.82) is 0 Å². The first-order valence-corrected chi connectivity index (χ1v) is 12.7. The predicted molar refractivity (Wildman–Crippen MR) is 133 cm³/mol. The van der Waals surface area contributed by atoms with Gasteiger partial charge in [0.15, 0.2) is 0 Å². The molecule has 5 nitrogen and oxygen atoms in total. The molecule has 0 aliphatic heterocycles. The van der Waals surface area contributed by atoms with Crippen LogP contribution in [0.1, 0.15) is 25.3 Å². The van der Waals surface area contributed by atoms with Crippen LogP contribution in [0.15, 0.2) is 88.8 Å². The molecule has 1 heterocycles. The number of aryl methyl sites for hydroxylation is 1. The summed E-state index contributed by atoms with van der Waals surface area (Å²) in [7, 11) is -3.78. The highest BCUT2D eigenvalue weighted by atomic mass is 35.5. The van der Waals surface area contributed by atoms with Crippen molar-refractivity contribution in [3.63, 3.8) is 0 Å². The van der Waals surface area contributed by atoms with E-state index in [1.807, 2.05) is 36.4 Å². The molecule has 0 aliphatic carbocycles. The van der Waals surface area contributed by atoms with Crippen LogP contribution < -0.4 is 5.32 Å². The summed E-state index contributed by atoms with van der Waals surface area (Å²) in [6.45, 7) is 2.15. The number of nitrogens with zero attached hydrogens (tertiary/aromatic N) is 1. The number of sulfone groups is 1. The maximum atomic E-state index is 13.3. The number of benzene rings is 3. The van der Waals surface area contributed by atoms with Gasteiger partial charge in [0.2, 0.25) is 15.7 Å². The molecule has 1 aromatic heterocycles. The average molecular weight is 481 g/mol. The van der Waals surface area contributed by atoms with Gasteiger partial charge in [0.1, 0.15) is 6.54 Å². The van der Waals surface area contributed by atoms with Crippen molar-refractivity contribution in [3.05, 3.63) is 89.6 Å². The van der Waals surface area contributed by atoms with Crippen LogP contribution in [0.3, 0.4) is 0 Å². The molecule has 170 valence electrons. The van der Waals surface area contributed by atoms with Crippen LogP contribution in [-0.4, -0.2) is 18.9 Å². The number of aromatic nitrogens is 1. The van der Waals surface area contributed by atoms with Crippen LogP contribution in [-0.2, 0) is 27.6 Å². The first-order chi connectivity index (χ1) is 15.9. The predicted octanol–water partition coefficient (Wildman–Crippen LogP) is 6.11. The summed E-state index contributed by atoms with van der Waals surface area (Å²) in [5.41, 5.74) is 2.63. The molecule has 4 aromatic rings. The molecular formula is C26H25ClN2O3S. The van der Waals surface area contributed by atoms with Crippen molar-refractivity contribution in [3.8, 4) is 0 Å². The highest BCUT2D eigenvalue weighted by Gasteiger charge is 2.24. The molecular weight excluding hydrogens is 456 g/mol. The van der Waals surface area contributed by atoms with Gasteiger partial charge >= 0.3 is 0 Å². The molecule has 7 heteroatoms. The van der Waals surface area contributed by atoms with E-state index < -0.39 is 9.84 Å². The summed E-state index contributed by atoms with van der Waals surface area (Å²) in [5.74, 6) is -0.229. The number of carbonyl (C=O) groups excluding carboxylic acids is 1. The van der Waals surface area contributed by atoms with Crippen molar-refractivity contribution < 1.29 is 13.2 Å². The molecule has 0 bridgehead atoms. The minimum atomic E-state index is -3.78. The summed E-state index contributed by atoms with van der Waals surface area (Å²) in [4.78, 5) is 13.1. The molecule has 0 saturated carbocycles. The van der Waals surface area contributed by atoms with Gasteiger partial charge in [-0.2, -0.15) is 0 Å². The second-order valence-electron chi connectivity index (χ2n) is 7.94. The molecule has 33 heavy (non-hydrogen) atoms. The Kier molecular flexibility index (Phi) is 6.86. The number of hydrogen-bond acceptors (Lipinski definition) is 3. The fraction of sp³-hybridized carbons (Fsp3) is 0.192. The lowest BCUT2D eigenvalue weighted by Gasteiger charge is -2.08. The fourth-order valence-corrected chi connectivity index (χ4v) is 5.39. The zero-order chi connectivity index (χ0) is 23.4. The number of nitrogens with one attached hydrogen (secondary N) is 1. The lowest BCUT2D eigenvalue weighted by atomic mass is 10.1. The van der Waals surface area contributed by atoms with E-state index in [-0.39, 0.29) is 22.2 Å². The summed E-state index contributed by atoms with van der Waals surface area (Å²) in [6, 6.07) is 21.1. The van der Waals surface area contributed by atoms with E-state index in [2.05, 4.69) is 12.2 Å². The van der Waals surface area contributed by atoms with Gasteiger partial charge in [0.05, 0.1) is 9.79 Å². The van der Waals surface area contributed by atoms with Gasteiger partial charge in [-0.05, 0) is 60.9 Å². The summed E-state index contributed by atoms with van der Waals surface area (Å²) >= 11 is 5.92. The molecule has 0 aliphatic rings. The maximum Gasteiger partial charge on any atom is 0.244 e. The minimum absolute atomic E-state index is 0.00572. The zero-order valence-corrected chi connectivity index (χ0v) is 19.9. The molecule has 0 unspecified atom stereocenters. The van der Waals surface area contributed by atoms with E-state index in [1.165, 1.54) is 23.9 Å². The smallest absolute Gasteiger partial charge is 0.244 e. The van der Waals surface area contributed by atoms with Crippen LogP contribution in [0.5, 0.6) is 0 Å². The number of anilines is 1. The Morgan fingerprint density at radius 1 is 0.970 bits per heavy atom. The normalized spacial score (nSPS) is 11.6. The first-order valence-electron chi connectivity index (χ1n) is 10.9. The highest BCUT2D eigenvalue weighted by molar-refractivity contribution is 7.91. The second kappa shape index (κ2) is 9.81. The Labute approximate surface area is 198 Å². The highest BCUT2D eigenvalue weighted by Crippen LogP contribution is 2.30. The van der Waals surface area contributed by atoms with Gasteiger partial charge in [-0.3, -0.25) is 4.79 Å². The number of rotatable bonds is 8. The van der Waals surface area contributed by atoms with Crippen LogP contribution in [0.25, 0.3) is 10.9 Å². The lowest BCUT2D eigenvalue weighted by molar-refractivity contribution is -0.116. The van der Waals surface area contributed by atoms with E-state index in [9.17, 15) is 13.2 Å². The topological polar surface area (TPSA) is 68.2 Å². The van der Waals surface area contributed by atoms with E-state index in [1.54, 1.807) is 28.8 Å². The van der Waals surface area contributed by atoms with Crippen molar-refractivity contribution in [2.75, 3.05) is 5.32 Å². The van der Waals surface area contributed by atoms with Gasteiger partial charge in [0.25, 0.3) is 0 Å². The maximum absolute atomic E-state index is 13.3. The molecule has 0 spiro atoms. The molecule has 0 saturated heterocycles. The van der Waals surface area contributed by atoms with E-state index in [0.29, 0.717) is 21.6 Å². The SMILES string of the molecule is CCCCc1ccc(NC(=O)Cn2cc(S(=O)(=O)c3ccc(Cl)cc3)c3ccccc32)cc1. The number of carbonyl (C=O) groups is 1. The Balaban J connectivity index is 1.59. The third-order valence-corrected chi connectivity index (χ3v) is 7.59. The Morgan fingerprint density at radius 2 is 1.67 bits per heavy atom. The van der Waals surface area contributed by atoms with Crippen LogP contribution in [0, 0.1) is 0 Å². The standard InChI is InChI=1S/C26H25ClN2O3S/c1-2-3-6-19-9-13-21(14-10-19)28-26(30)18-29-17-25(23-7-4-5-8-24(23)29)33(31,32)22-15-11-20(27)12-16-22/h4-5,7-17H,2-3,6,18H2,1H3,(H,28,30). The van der Waals surface area contributed by atoms with E-state index in [0.717, 1.165) is 19.3 Å². The third-order valence-electron chi connectivity index (χ3n) is 5.54.